The van der Waals surface area contributed by atoms with Crippen molar-refractivity contribution in [3.05, 3.63) is 102 Å². The lowest BCUT2D eigenvalue weighted by molar-refractivity contribution is -0.116. The molecule has 4 amide bonds. The van der Waals surface area contributed by atoms with Crippen molar-refractivity contribution in [3.8, 4) is 0 Å². The maximum Gasteiger partial charge on any atom is 0.261 e. The number of carbonyl (C=O) groups excluding carboxylic acids is 4. The highest BCUT2D eigenvalue weighted by Crippen LogP contribution is 2.30. The molecule has 0 unspecified atom stereocenters. The Morgan fingerprint density at radius 3 is 2.14 bits per heavy atom. The van der Waals surface area contributed by atoms with E-state index in [-0.39, 0.29) is 36.6 Å². The molecule has 0 bridgehead atoms. The largest absolute Gasteiger partial charge is 0.326 e. The van der Waals surface area contributed by atoms with Gasteiger partial charge in [-0.3, -0.25) is 29.1 Å². The van der Waals surface area contributed by atoms with Crippen LogP contribution in [0.4, 0.5) is 11.4 Å². The predicted octanol–water partition coefficient (Wildman–Crippen LogP) is 4.50. The van der Waals surface area contributed by atoms with Gasteiger partial charge in [0.1, 0.15) is 0 Å². The van der Waals surface area contributed by atoms with Crippen LogP contribution in [0.3, 0.4) is 0 Å². The van der Waals surface area contributed by atoms with Crippen molar-refractivity contribution in [2.75, 3.05) is 17.2 Å². The highest BCUT2D eigenvalue weighted by Gasteiger charge is 2.32. The van der Waals surface area contributed by atoms with Gasteiger partial charge in [0, 0.05) is 58.8 Å². The van der Waals surface area contributed by atoms with E-state index in [1.165, 1.54) is 4.90 Å². The Bertz CT molecular complexity index is 1450. The highest BCUT2D eigenvalue weighted by molar-refractivity contribution is 6.25. The summed E-state index contributed by atoms with van der Waals surface area (Å²) in [6.45, 7) is 0.129. The maximum absolute atomic E-state index is 13.0. The Hall–Kier alpha value is -4.85. The molecule has 1 aliphatic heterocycles. The third-order valence-corrected chi connectivity index (χ3v) is 5.99. The molecule has 0 radical (unpaired) electrons. The van der Waals surface area contributed by atoms with Gasteiger partial charge in [-0.1, -0.05) is 30.3 Å². The van der Waals surface area contributed by atoms with Gasteiger partial charge < -0.3 is 10.6 Å². The molecule has 0 fully saturated rings. The number of nitrogens with one attached hydrogen (secondary N) is 2. The van der Waals surface area contributed by atoms with Crippen molar-refractivity contribution in [3.63, 3.8) is 0 Å². The molecule has 5 rings (SSSR count). The molecule has 4 aromatic rings. The first-order valence-electron chi connectivity index (χ1n) is 11.5. The van der Waals surface area contributed by atoms with Crippen LogP contribution in [0.2, 0.25) is 0 Å². The molecular formula is C28H22N4O4. The Morgan fingerprint density at radius 2 is 1.44 bits per heavy atom. The van der Waals surface area contributed by atoms with Crippen LogP contribution < -0.4 is 10.6 Å². The van der Waals surface area contributed by atoms with E-state index in [4.69, 9.17) is 0 Å². The minimum atomic E-state index is -0.349. The Morgan fingerprint density at radius 1 is 0.778 bits per heavy atom. The van der Waals surface area contributed by atoms with Crippen LogP contribution in [0.1, 0.15) is 43.9 Å². The molecule has 0 saturated carbocycles. The number of carbonyl (C=O) groups is 4. The van der Waals surface area contributed by atoms with E-state index in [9.17, 15) is 19.2 Å². The SMILES string of the molecule is O=C(CCCN1C(=O)c2cccc3cccc(c23)C1=O)Nc1cccc(C(=O)Nc2ccncc2)c1. The van der Waals surface area contributed by atoms with E-state index in [2.05, 4.69) is 15.6 Å². The number of benzene rings is 3. The molecule has 0 aliphatic carbocycles. The second kappa shape index (κ2) is 9.79. The lowest BCUT2D eigenvalue weighted by Gasteiger charge is -2.27. The molecule has 178 valence electrons. The van der Waals surface area contributed by atoms with E-state index >= 15 is 0 Å². The topological polar surface area (TPSA) is 108 Å². The number of hydrogen-bond donors (Lipinski definition) is 2. The monoisotopic (exact) mass is 478 g/mol. The average Bonchev–Trinajstić information content (AvgIpc) is 2.90. The van der Waals surface area contributed by atoms with Crippen molar-refractivity contribution in [1.29, 1.82) is 0 Å². The first-order valence-corrected chi connectivity index (χ1v) is 11.5. The fourth-order valence-electron chi connectivity index (χ4n) is 4.28. The molecule has 2 heterocycles. The van der Waals surface area contributed by atoms with E-state index in [1.54, 1.807) is 73.1 Å². The minimum Gasteiger partial charge on any atom is -0.326 e. The standard InChI is InChI=1S/C28H22N4O4/c33-24(30-21-8-1-7-19(17-21)26(34)31-20-12-14-29-15-13-20)11-4-16-32-27(35)22-9-2-5-18-6-3-10-23(25(18)22)28(32)36/h1-3,5-10,12-15,17H,4,11,16H2,(H,30,33)(H,29,31,34). The molecule has 2 N–H and O–H groups in total. The molecule has 0 saturated heterocycles. The van der Waals surface area contributed by atoms with Gasteiger partial charge in [-0.2, -0.15) is 0 Å². The summed E-state index contributed by atoms with van der Waals surface area (Å²) in [4.78, 5) is 56.1. The fraction of sp³-hybridized carbons (Fsp3) is 0.107. The Labute approximate surface area is 207 Å². The van der Waals surface area contributed by atoms with Gasteiger partial charge in [-0.25, -0.2) is 0 Å². The molecule has 1 aliphatic rings. The fourth-order valence-corrected chi connectivity index (χ4v) is 4.28. The minimum absolute atomic E-state index is 0.107. The van der Waals surface area contributed by atoms with Gasteiger partial charge in [0.05, 0.1) is 0 Å². The normalized spacial score (nSPS) is 12.5. The second-order valence-corrected chi connectivity index (χ2v) is 8.39. The molecule has 8 nitrogen and oxygen atoms in total. The van der Waals surface area contributed by atoms with Crippen molar-refractivity contribution in [2.45, 2.75) is 12.8 Å². The maximum atomic E-state index is 13.0. The predicted molar refractivity (Wildman–Crippen MR) is 136 cm³/mol. The summed E-state index contributed by atoms with van der Waals surface area (Å²) in [6, 6.07) is 20.8. The van der Waals surface area contributed by atoms with Crippen LogP contribution in [0.25, 0.3) is 10.8 Å². The summed E-state index contributed by atoms with van der Waals surface area (Å²) < 4.78 is 0. The van der Waals surface area contributed by atoms with Crippen LogP contribution in [-0.2, 0) is 4.79 Å². The van der Waals surface area contributed by atoms with Crippen LogP contribution >= 0.6 is 0 Å². The summed E-state index contributed by atoms with van der Waals surface area (Å²) in [7, 11) is 0. The molecule has 8 heteroatoms. The van der Waals surface area contributed by atoms with E-state index in [1.807, 2.05) is 12.1 Å². The van der Waals surface area contributed by atoms with Gasteiger partial charge in [0.25, 0.3) is 17.7 Å². The summed E-state index contributed by atoms with van der Waals surface area (Å²) in [5.74, 6) is -1.29. The number of amides is 4. The average molecular weight is 479 g/mol. The number of pyridine rings is 1. The first-order chi connectivity index (χ1) is 17.5. The van der Waals surface area contributed by atoms with E-state index in [0.29, 0.717) is 39.9 Å². The van der Waals surface area contributed by atoms with Crippen molar-refractivity contribution in [1.82, 2.24) is 9.88 Å². The number of anilines is 2. The number of aromatic nitrogens is 1. The van der Waals surface area contributed by atoms with Crippen molar-refractivity contribution >= 4 is 45.8 Å². The summed E-state index contributed by atoms with van der Waals surface area (Å²) in [5, 5.41) is 7.07. The molecule has 0 spiro atoms. The quantitative estimate of drug-likeness (QED) is 0.380. The summed E-state index contributed by atoms with van der Waals surface area (Å²) in [5.41, 5.74) is 2.48. The number of hydrogen-bond acceptors (Lipinski definition) is 5. The van der Waals surface area contributed by atoms with Gasteiger partial charge in [0.2, 0.25) is 5.91 Å². The zero-order valence-electron chi connectivity index (χ0n) is 19.2. The number of imide groups is 1. The van der Waals surface area contributed by atoms with Crippen LogP contribution in [0.15, 0.2) is 85.2 Å². The molecule has 3 aromatic carbocycles. The number of nitrogens with zero attached hydrogens (tertiary/aromatic N) is 2. The number of rotatable bonds is 7. The third kappa shape index (κ3) is 4.56. The smallest absolute Gasteiger partial charge is 0.261 e. The summed E-state index contributed by atoms with van der Waals surface area (Å²) >= 11 is 0. The van der Waals surface area contributed by atoms with Gasteiger partial charge in [0.15, 0.2) is 0 Å². The lowest BCUT2D eigenvalue weighted by Crippen LogP contribution is -2.41. The van der Waals surface area contributed by atoms with Crippen molar-refractivity contribution in [2.24, 2.45) is 0 Å². The van der Waals surface area contributed by atoms with Crippen LogP contribution in [0, 0.1) is 0 Å². The highest BCUT2D eigenvalue weighted by atomic mass is 16.2. The second-order valence-electron chi connectivity index (χ2n) is 8.39. The Balaban J connectivity index is 1.19. The zero-order chi connectivity index (χ0) is 25.1. The van der Waals surface area contributed by atoms with E-state index in [0.717, 1.165) is 5.39 Å². The van der Waals surface area contributed by atoms with Gasteiger partial charge in [-0.15, -0.1) is 0 Å². The Kier molecular flexibility index (Phi) is 6.23. The third-order valence-electron chi connectivity index (χ3n) is 5.99. The zero-order valence-corrected chi connectivity index (χ0v) is 19.2. The first kappa shape index (κ1) is 22.9. The van der Waals surface area contributed by atoms with E-state index < -0.39 is 0 Å². The summed E-state index contributed by atoms with van der Waals surface area (Å²) in [6.07, 6.45) is 3.58. The van der Waals surface area contributed by atoms with Gasteiger partial charge in [-0.05, 0) is 54.3 Å². The molecule has 0 atom stereocenters. The van der Waals surface area contributed by atoms with Crippen molar-refractivity contribution < 1.29 is 19.2 Å². The van der Waals surface area contributed by atoms with Crippen LogP contribution in [-0.4, -0.2) is 40.1 Å². The molecule has 36 heavy (non-hydrogen) atoms. The molecular weight excluding hydrogens is 456 g/mol. The molecule has 1 aromatic heterocycles. The van der Waals surface area contributed by atoms with Crippen LogP contribution in [0.5, 0.6) is 0 Å². The lowest BCUT2D eigenvalue weighted by atomic mass is 9.94. The van der Waals surface area contributed by atoms with Gasteiger partial charge >= 0.3 is 0 Å².